The molecule has 1 unspecified atom stereocenters. The maximum atomic E-state index is 12.8. The van der Waals surface area contributed by atoms with Crippen LogP contribution < -0.4 is 5.32 Å². The van der Waals surface area contributed by atoms with Crippen molar-refractivity contribution in [2.24, 2.45) is 5.41 Å². The molecule has 0 radical (unpaired) electrons. The Bertz CT molecular complexity index is 1080. The number of carboxylic acids is 1. The molecule has 0 saturated carbocycles. The van der Waals surface area contributed by atoms with E-state index in [1.54, 1.807) is 11.0 Å². The van der Waals surface area contributed by atoms with Crippen LogP contribution in [0.3, 0.4) is 0 Å². The Morgan fingerprint density at radius 1 is 1.14 bits per heavy atom. The summed E-state index contributed by atoms with van der Waals surface area (Å²) in [6, 6.07) is 15.9. The molecular formula is C28H32N2O5. The monoisotopic (exact) mass is 476 g/mol. The molecule has 2 aromatic rings. The van der Waals surface area contributed by atoms with Crippen LogP contribution in [0, 0.1) is 5.41 Å². The van der Waals surface area contributed by atoms with E-state index in [0.29, 0.717) is 12.8 Å². The number of fused-ring (bicyclic) bond motifs is 3. The molecule has 2 N–H and O–H groups in total. The molecule has 1 aliphatic heterocycles. The Hall–Kier alpha value is -3.61. The number of hydrogen-bond acceptors (Lipinski definition) is 4. The molecule has 0 aromatic heterocycles. The Labute approximate surface area is 205 Å². The summed E-state index contributed by atoms with van der Waals surface area (Å²) in [5, 5.41) is 12.4. The molecule has 2 aliphatic rings. The van der Waals surface area contributed by atoms with Crippen molar-refractivity contribution in [2.75, 3.05) is 19.7 Å². The van der Waals surface area contributed by atoms with Crippen molar-refractivity contribution in [1.82, 2.24) is 10.2 Å². The molecule has 2 aromatic carbocycles. The highest BCUT2D eigenvalue weighted by molar-refractivity contribution is 5.84. The summed E-state index contributed by atoms with van der Waals surface area (Å²) >= 11 is 0. The molecule has 7 nitrogen and oxygen atoms in total. The number of allylic oxidation sites excluding steroid dienone is 1. The molecule has 1 aliphatic carbocycles. The number of aliphatic carboxylic acids is 1. The molecule has 1 fully saturated rings. The number of alkyl carbamates (subject to hydrolysis) is 1. The number of carbonyl (C=O) groups is 3. The van der Waals surface area contributed by atoms with Crippen LogP contribution in [0.25, 0.3) is 11.1 Å². The van der Waals surface area contributed by atoms with Crippen molar-refractivity contribution in [2.45, 2.75) is 44.6 Å². The van der Waals surface area contributed by atoms with E-state index in [1.807, 2.05) is 31.2 Å². The molecule has 1 heterocycles. The lowest BCUT2D eigenvalue weighted by Crippen LogP contribution is -2.62. The van der Waals surface area contributed by atoms with Crippen molar-refractivity contribution in [3.8, 4) is 11.1 Å². The third kappa shape index (κ3) is 4.94. The van der Waals surface area contributed by atoms with Gasteiger partial charge in [-0.25, -0.2) is 4.79 Å². The van der Waals surface area contributed by atoms with Gasteiger partial charge in [-0.3, -0.25) is 9.59 Å². The van der Waals surface area contributed by atoms with Crippen LogP contribution in [-0.2, 0) is 14.3 Å². The van der Waals surface area contributed by atoms with Gasteiger partial charge in [0, 0.05) is 31.5 Å². The normalized spacial score (nSPS) is 16.4. The second-order valence-corrected chi connectivity index (χ2v) is 9.49. The maximum absolute atomic E-state index is 12.8. The number of nitrogens with one attached hydrogen (secondary N) is 1. The smallest absolute Gasteiger partial charge is 0.407 e. The minimum Gasteiger partial charge on any atom is -0.481 e. The van der Waals surface area contributed by atoms with Crippen molar-refractivity contribution in [3.63, 3.8) is 0 Å². The SMILES string of the molecule is C=CCC1(C(=O)O)CN(C(=O)CC(CCC)NC(=O)OCC2c3ccccc3-c3ccccc32)C1. The molecular weight excluding hydrogens is 444 g/mol. The van der Waals surface area contributed by atoms with Gasteiger partial charge in [0.15, 0.2) is 0 Å². The molecule has 184 valence electrons. The summed E-state index contributed by atoms with van der Waals surface area (Å²) in [6.07, 6.45) is 2.88. The molecule has 1 saturated heterocycles. The predicted octanol–water partition coefficient (Wildman–Crippen LogP) is 4.57. The van der Waals surface area contributed by atoms with Crippen LogP contribution in [0.2, 0.25) is 0 Å². The zero-order chi connectivity index (χ0) is 25.0. The van der Waals surface area contributed by atoms with E-state index in [1.165, 1.54) is 0 Å². The third-order valence-corrected chi connectivity index (χ3v) is 7.05. The minimum atomic E-state index is -0.947. The molecule has 35 heavy (non-hydrogen) atoms. The number of benzene rings is 2. The first kappa shape index (κ1) is 24.5. The number of carbonyl (C=O) groups excluding carboxylic acids is 2. The van der Waals surface area contributed by atoms with Crippen LogP contribution in [0.5, 0.6) is 0 Å². The Morgan fingerprint density at radius 3 is 2.29 bits per heavy atom. The zero-order valence-electron chi connectivity index (χ0n) is 20.0. The summed E-state index contributed by atoms with van der Waals surface area (Å²) in [4.78, 5) is 38.6. The van der Waals surface area contributed by atoms with Gasteiger partial charge < -0.3 is 20.1 Å². The molecule has 7 heteroatoms. The van der Waals surface area contributed by atoms with E-state index < -0.39 is 17.5 Å². The Kier molecular flexibility index (Phi) is 7.24. The summed E-state index contributed by atoms with van der Waals surface area (Å²) in [6.45, 7) is 6.15. The topological polar surface area (TPSA) is 95.9 Å². The molecule has 0 spiro atoms. The molecule has 1 atom stereocenters. The summed E-state index contributed by atoms with van der Waals surface area (Å²) < 4.78 is 5.63. The predicted molar refractivity (Wildman–Crippen MR) is 133 cm³/mol. The van der Waals surface area contributed by atoms with Gasteiger partial charge in [0.05, 0.1) is 0 Å². The lowest BCUT2D eigenvalue weighted by molar-refractivity contribution is -0.165. The van der Waals surface area contributed by atoms with Crippen LogP contribution >= 0.6 is 0 Å². The first-order valence-electron chi connectivity index (χ1n) is 12.1. The molecule has 4 rings (SSSR count). The first-order valence-corrected chi connectivity index (χ1v) is 12.1. The van der Waals surface area contributed by atoms with Gasteiger partial charge in [-0.1, -0.05) is 68.0 Å². The number of amides is 2. The number of rotatable bonds is 10. The van der Waals surface area contributed by atoms with Gasteiger partial charge in [-0.2, -0.15) is 0 Å². The summed E-state index contributed by atoms with van der Waals surface area (Å²) in [7, 11) is 0. The van der Waals surface area contributed by atoms with Crippen molar-refractivity contribution >= 4 is 18.0 Å². The van der Waals surface area contributed by atoms with Crippen molar-refractivity contribution in [1.29, 1.82) is 0 Å². The molecule has 0 bridgehead atoms. The van der Waals surface area contributed by atoms with Gasteiger partial charge in [-0.05, 0) is 35.1 Å². The average molecular weight is 477 g/mol. The van der Waals surface area contributed by atoms with E-state index in [4.69, 9.17) is 4.74 Å². The standard InChI is InChI=1S/C28H32N2O5/c1-3-9-19(15-25(31)30-17-28(18-30,14-4-2)26(32)33)29-27(34)35-16-24-22-12-7-5-10-20(22)21-11-6-8-13-23(21)24/h4-8,10-13,19,24H,2-3,9,14-18H2,1H3,(H,29,34)(H,32,33). The van der Waals surface area contributed by atoms with Gasteiger partial charge in [-0.15, -0.1) is 6.58 Å². The van der Waals surface area contributed by atoms with E-state index in [9.17, 15) is 19.5 Å². The summed E-state index contributed by atoms with van der Waals surface area (Å²) in [5.41, 5.74) is 3.66. The minimum absolute atomic E-state index is 0.0329. The van der Waals surface area contributed by atoms with E-state index in [2.05, 4.69) is 36.2 Å². The van der Waals surface area contributed by atoms with Crippen LogP contribution in [0.15, 0.2) is 61.2 Å². The lowest BCUT2D eigenvalue weighted by atomic mass is 9.76. The average Bonchev–Trinajstić information content (AvgIpc) is 3.13. The summed E-state index contributed by atoms with van der Waals surface area (Å²) in [5.74, 6) is -1.11. The van der Waals surface area contributed by atoms with Crippen LogP contribution in [0.4, 0.5) is 4.79 Å². The number of likely N-dealkylation sites (tertiary alicyclic amines) is 1. The van der Waals surface area contributed by atoms with Crippen LogP contribution in [-0.4, -0.2) is 53.7 Å². The number of carboxylic acid groups (broad SMARTS) is 1. The van der Waals surface area contributed by atoms with E-state index >= 15 is 0 Å². The fraction of sp³-hybridized carbons (Fsp3) is 0.393. The van der Waals surface area contributed by atoms with Gasteiger partial charge >= 0.3 is 12.1 Å². The lowest BCUT2D eigenvalue weighted by Gasteiger charge is -2.47. The van der Waals surface area contributed by atoms with Crippen molar-refractivity contribution < 1.29 is 24.2 Å². The van der Waals surface area contributed by atoms with E-state index in [-0.39, 0.29) is 44.0 Å². The largest absolute Gasteiger partial charge is 0.481 e. The first-order chi connectivity index (χ1) is 16.9. The van der Waals surface area contributed by atoms with Crippen LogP contribution in [0.1, 0.15) is 49.7 Å². The fourth-order valence-electron chi connectivity index (χ4n) is 5.21. The highest BCUT2D eigenvalue weighted by Gasteiger charge is 2.50. The second kappa shape index (κ2) is 10.3. The highest BCUT2D eigenvalue weighted by Crippen LogP contribution is 2.44. The van der Waals surface area contributed by atoms with Gasteiger partial charge in [0.1, 0.15) is 12.0 Å². The third-order valence-electron chi connectivity index (χ3n) is 7.05. The maximum Gasteiger partial charge on any atom is 0.407 e. The highest BCUT2D eigenvalue weighted by atomic mass is 16.5. The van der Waals surface area contributed by atoms with Gasteiger partial charge in [0.25, 0.3) is 0 Å². The Balaban J connectivity index is 1.33. The molecule has 2 amide bonds. The number of ether oxygens (including phenoxy) is 1. The second-order valence-electron chi connectivity index (χ2n) is 9.49. The van der Waals surface area contributed by atoms with E-state index in [0.717, 1.165) is 28.7 Å². The fourth-order valence-corrected chi connectivity index (χ4v) is 5.21. The quantitative estimate of drug-likeness (QED) is 0.490. The van der Waals surface area contributed by atoms with Gasteiger partial charge in [0.2, 0.25) is 5.91 Å². The number of nitrogens with zero attached hydrogens (tertiary/aromatic N) is 1. The van der Waals surface area contributed by atoms with Crippen molar-refractivity contribution in [3.05, 3.63) is 72.3 Å². The Morgan fingerprint density at radius 2 is 1.74 bits per heavy atom. The zero-order valence-corrected chi connectivity index (χ0v) is 20.0. The number of hydrogen-bond donors (Lipinski definition) is 2.